The van der Waals surface area contributed by atoms with Crippen LogP contribution in [-0.4, -0.2) is 24.2 Å². The first kappa shape index (κ1) is 13.5. The quantitative estimate of drug-likeness (QED) is 0.914. The Morgan fingerprint density at radius 1 is 1.16 bits per heavy atom. The van der Waals surface area contributed by atoms with Crippen LogP contribution >= 0.6 is 0 Å². The first-order valence-corrected chi connectivity index (χ1v) is 6.35. The number of aryl methyl sites for hydroxylation is 1. The van der Waals surface area contributed by atoms with E-state index in [1.807, 2.05) is 19.1 Å². The van der Waals surface area contributed by atoms with Crippen LogP contribution in [0, 0.1) is 6.92 Å². The van der Waals surface area contributed by atoms with Gasteiger partial charge >= 0.3 is 0 Å². The fraction of sp³-hybridized carbons (Fsp3) is 0.400. The van der Waals surface area contributed by atoms with Crippen LogP contribution in [0.3, 0.4) is 0 Å². The summed E-state index contributed by atoms with van der Waals surface area (Å²) in [5.41, 5.74) is 4.17. The standard InChI is InChI=1S/C15H20N2O2/c1-9(2)12-8-11(6-7-13(12)18-4)14-10(3)16-15(17-14)19-5/h6-9H,1-5H3,(H,16,17). The molecule has 1 N–H and O–H groups in total. The summed E-state index contributed by atoms with van der Waals surface area (Å²) in [4.78, 5) is 7.54. The van der Waals surface area contributed by atoms with Gasteiger partial charge in [0.25, 0.3) is 6.01 Å². The summed E-state index contributed by atoms with van der Waals surface area (Å²) < 4.78 is 10.5. The Morgan fingerprint density at radius 3 is 2.42 bits per heavy atom. The number of nitrogens with one attached hydrogen (secondary N) is 1. The van der Waals surface area contributed by atoms with Crippen LogP contribution in [0.25, 0.3) is 11.3 Å². The lowest BCUT2D eigenvalue weighted by Gasteiger charge is -2.13. The van der Waals surface area contributed by atoms with Crippen LogP contribution < -0.4 is 9.47 Å². The molecular formula is C15H20N2O2. The fourth-order valence-electron chi connectivity index (χ4n) is 2.14. The molecule has 0 amide bonds. The largest absolute Gasteiger partial charge is 0.496 e. The number of imidazole rings is 1. The zero-order valence-electron chi connectivity index (χ0n) is 12.1. The van der Waals surface area contributed by atoms with Crippen molar-refractivity contribution >= 4 is 0 Å². The molecule has 102 valence electrons. The maximum Gasteiger partial charge on any atom is 0.294 e. The maximum absolute atomic E-state index is 5.40. The van der Waals surface area contributed by atoms with Gasteiger partial charge in [-0.2, -0.15) is 4.98 Å². The van der Waals surface area contributed by atoms with Crippen LogP contribution in [0.1, 0.15) is 31.0 Å². The zero-order valence-corrected chi connectivity index (χ0v) is 12.1. The van der Waals surface area contributed by atoms with E-state index in [0.29, 0.717) is 11.9 Å². The van der Waals surface area contributed by atoms with E-state index in [2.05, 4.69) is 29.9 Å². The normalized spacial score (nSPS) is 10.8. The van der Waals surface area contributed by atoms with Gasteiger partial charge in [0.1, 0.15) is 5.75 Å². The minimum Gasteiger partial charge on any atom is -0.496 e. The lowest BCUT2D eigenvalue weighted by Crippen LogP contribution is -1.95. The minimum atomic E-state index is 0.399. The summed E-state index contributed by atoms with van der Waals surface area (Å²) in [7, 11) is 3.30. The van der Waals surface area contributed by atoms with Crippen LogP contribution in [0.4, 0.5) is 0 Å². The first-order valence-electron chi connectivity index (χ1n) is 6.35. The van der Waals surface area contributed by atoms with Gasteiger partial charge in [0.2, 0.25) is 0 Å². The van der Waals surface area contributed by atoms with Crippen molar-refractivity contribution in [3.05, 3.63) is 29.5 Å². The molecule has 0 saturated heterocycles. The highest BCUT2D eigenvalue weighted by molar-refractivity contribution is 5.65. The van der Waals surface area contributed by atoms with Crippen molar-refractivity contribution in [3.8, 4) is 23.0 Å². The number of rotatable bonds is 4. The Kier molecular flexibility index (Phi) is 3.79. The summed E-state index contributed by atoms with van der Waals surface area (Å²) >= 11 is 0. The molecule has 1 aromatic heterocycles. The van der Waals surface area contributed by atoms with E-state index in [0.717, 1.165) is 22.7 Å². The predicted octanol–water partition coefficient (Wildman–Crippen LogP) is 3.53. The Morgan fingerprint density at radius 2 is 1.89 bits per heavy atom. The van der Waals surface area contributed by atoms with E-state index >= 15 is 0 Å². The molecule has 0 unspecified atom stereocenters. The highest BCUT2D eigenvalue weighted by Crippen LogP contribution is 2.32. The van der Waals surface area contributed by atoms with Gasteiger partial charge < -0.3 is 14.5 Å². The van der Waals surface area contributed by atoms with E-state index in [1.54, 1.807) is 14.2 Å². The number of benzene rings is 1. The summed E-state index contributed by atoms with van der Waals surface area (Å²) in [5, 5.41) is 0. The Labute approximate surface area is 113 Å². The molecule has 0 spiro atoms. The van der Waals surface area contributed by atoms with E-state index in [1.165, 1.54) is 5.56 Å². The van der Waals surface area contributed by atoms with Crippen molar-refractivity contribution in [2.75, 3.05) is 14.2 Å². The SMILES string of the molecule is COc1nc(-c2ccc(OC)c(C(C)C)c2)c(C)[nH]1. The van der Waals surface area contributed by atoms with Crippen LogP contribution in [-0.2, 0) is 0 Å². The molecule has 1 heterocycles. The molecule has 0 atom stereocenters. The molecule has 2 aromatic rings. The summed E-state index contributed by atoms with van der Waals surface area (Å²) in [6, 6.07) is 6.68. The molecule has 1 aromatic carbocycles. The van der Waals surface area contributed by atoms with Crippen molar-refractivity contribution in [2.24, 2.45) is 0 Å². The second-order valence-corrected chi connectivity index (χ2v) is 4.83. The number of hydrogen-bond donors (Lipinski definition) is 1. The highest BCUT2D eigenvalue weighted by atomic mass is 16.5. The van der Waals surface area contributed by atoms with E-state index in [4.69, 9.17) is 9.47 Å². The first-order chi connectivity index (χ1) is 9.06. The number of methoxy groups -OCH3 is 2. The van der Waals surface area contributed by atoms with Crippen molar-refractivity contribution < 1.29 is 9.47 Å². The monoisotopic (exact) mass is 260 g/mol. The van der Waals surface area contributed by atoms with Crippen LogP contribution in [0.5, 0.6) is 11.8 Å². The van der Waals surface area contributed by atoms with E-state index < -0.39 is 0 Å². The van der Waals surface area contributed by atoms with Crippen molar-refractivity contribution in [1.82, 2.24) is 9.97 Å². The van der Waals surface area contributed by atoms with Gasteiger partial charge in [-0.15, -0.1) is 0 Å². The highest BCUT2D eigenvalue weighted by Gasteiger charge is 2.13. The fourth-order valence-corrected chi connectivity index (χ4v) is 2.14. The lowest BCUT2D eigenvalue weighted by molar-refractivity contribution is 0.384. The minimum absolute atomic E-state index is 0.399. The molecule has 19 heavy (non-hydrogen) atoms. The summed E-state index contributed by atoms with van der Waals surface area (Å²) in [5.74, 6) is 1.31. The average Bonchev–Trinajstić information content (AvgIpc) is 2.79. The third-order valence-corrected chi connectivity index (χ3v) is 3.18. The van der Waals surface area contributed by atoms with E-state index in [-0.39, 0.29) is 0 Å². The summed E-state index contributed by atoms with van der Waals surface area (Å²) in [6.07, 6.45) is 0. The van der Waals surface area contributed by atoms with Gasteiger partial charge in [-0.25, -0.2) is 0 Å². The van der Waals surface area contributed by atoms with Gasteiger partial charge in [0.15, 0.2) is 0 Å². The molecule has 4 heteroatoms. The molecule has 0 bridgehead atoms. The molecule has 0 aliphatic rings. The zero-order chi connectivity index (χ0) is 14.0. The summed E-state index contributed by atoms with van der Waals surface area (Å²) in [6.45, 7) is 6.30. The molecule has 0 radical (unpaired) electrons. The number of ether oxygens (including phenoxy) is 2. The average molecular weight is 260 g/mol. The van der Waals surface area contributed by atoms with Gasteiger partial charge in [-0.1, -0.05) is 13.8 Å². The molecule has 0 aliphatic carbocycles. The second-order valence-electron chi connectivity index (χ2n) is 4.83. The number of aromatic nitrogens is 2. The van der Waals surface area contributed by atoms with Crippen molar-refractivity contribution in [2.45, 2.75) is 26.7 Å². The number of nitrogens with zero attached hydrogens (tertiary/aromatic N) is 1. The molecular weight excluding hydrogens is 240 g/mol. The van der Waals surface area contributed by atoms with Gasteiger partial charge in [-0.3, -0.25) is 0 Å². The number of hydrogen-bond acceptors (Lipinski definition) is 3. The maximum atomic E-state index is 5.40. The predicted molar refractivity (Wildman–Crippen MR) is 76.0 cm³/mol. The van der Waals surface area contributed by atoms with E-state index in [9.17, 15) is 0 Å². The van der Waals surface area contributed by atoms with Crippen LogP contribution in [0.15, 0.2) is 18.2 Å². The van der Waals surface area contributed by atoms with Gasteiger partial charge in [-0.05, 0) is 36.6 Å². The van der Waals surface area contributed by atoms with Crippen molar-refractivity contribution in [1.29, 1.82) is 0 Å². The Hall–Kier alpha value is -1.97. The Bertz CT molecular complexity index is 574. The topological polar surface area (TPSA) is 47.1 Å². The third kappa shape index (κ3) is 2.57. The molecule has 0 saturated carbocycles. The number of H-pyrrole nitrogens is 1. The van der Waals surface area contributed by atoms with Gasteiger partial charge in [0.05, 0.1) is 19.9 Å². The second kappa shape index (κ2) is 5.34. The van der Waals surface area contributed by atoms with Crippen LogP contribution in [0.2, 0.25) is 0 Å². The Balaban J connectivity index is 2.50. The smallest absolute Gasteiger partial charge is 0.294 e. The molecule has 2 rings (SSSR count). The third-order valence-electron chi connectivity index (χ3n) is 3.18. The van der Waals surface area contributed by atoms with Crippen molar-refractivity contribution in [3.63, 3.8) is 0 Å². The number of aromatic amines is 1. The van der Waals surface area contributed by atoms with Gasteiger partial charge in [0, 0.05) is 11.3 Å². The molecule has 0 aliphatic heterocycles. The molecule has 0 fully saturated rings. The molecule has 4 nitrogen and oxygen atoms in total. The lowest BCUT2D eigenvalue weighted by atomic mass is 9.98.